The van der Waals surface area contributed by atoms with Crippen LogP contribution in [0, 0.1) is 29.6 Å². The Kier molecular flexibility index (Phi) is 64.2. The number of carbonyl (C=O) groups excluding carboxylic acids is 1. The van der Waals surface area contributed by atoms with E-state index in [-0.39, 0.29) is 13.3 Å². The smallest absolute Gasteiger partial charge is 0.219 e. The maximum atomic E-state index is 11.0. The maximum Gasteiger partial charge on any atom is 0.219 e. The summed E-state index contributed by atoms with van der Waals surface area (Å²) < 4.78 is 21.6. The fourth-order valence-corrected chi connectivity index (χ4v) is 14.2. The van der Waals surface area contributed by atoms with Crippen molar-refractivity contribution in [1.29, 1.82) is 0 Å². The molecule has 0 aromatic rings. The van der Waals surface area contributed by atoms with Crippen LogP contribution >= 0.6 is 0 Å². The number of aliphatic hydroxyl groups excluding tert-OH is 1. The lowest BCUT2D eigenvalue weighted by molar-refractivity contribution is -0.130. The van der Waals surface area contributed by atoms with Gasteiger partial charge in [-0.1, -0.05) is 62.8 Å². The molecule has 0 bridgehead atoms. The molecule has 10 saturated heterocycles. The highest BCUT2D eigenvalue weighted by atomic mass is 16.5. The molecule has 10 fully saturated rings. The van der Waals surface area contributed by atoms with Gasteiger partial charge < -0.3 is 64.5 Å². The van der Waals surface area contributed by atoms with Crippen molar-refractivity contribution in [2.45, 2.75) is 247 Å². The highest BCUT2D eigenvalue weighted by Gasteiger charge is 2.24. The van der Waals surface area contributed by atoms with Gasteiger partial charge in [0.2, 0.25) is 5.91 Å². The molecule has 0 spiro atoms. The van der Waals surface area contributed by atoms with E-state index in [4.69, 9.17) is 24.1 Å². The molecule has 1 amide bonds. The third kappa shape index (κ3) is 55.2. The zero-order valence-corrected chi connectivity index (χ0v) is 73.9. The first-order valence-electron chi connectivity index (χ1n) is 43.3. The molecule has 21 nitrogen and oxygen atoms in total. The number of likely N-dealkylation sites (N-methyl/N-ethyl adjacent to an activating group) is 2. The lowest BCUT2D eigenvalue weighted by Gasteiger charge is -2.36. The van der Waals surface area contributed by atoms with Gasteiger partial charge in [0.25, 0.3) is 0 Å². The number of hydrogen-bond acceptors (Lipinski definition) is 20. The average molecular weight is 1510 g/mol. The van der Waals surface area contributed by atoms with Gasteiger partial charge in [0, 0.05) is 220 Å². The number of amides is 1. The van der Waals surface area contributed by atoms with Crippen LogP contribution in [0.2, 0.25) is 0 Å². The van der Waals surface area contributed by atoms with Crippen molar-refractivity contribution in [3.8, 4) is 0 Å². The molecule has 10 aliphatic rings. The van der Waals surface area contributed by atoms with E-state index in [9.17, 15) is 4.79 Å². The topological polar surface area (TPSA) is 149 Å². The molecule has 4 N–H and O–H groups in total. The number of morpholine rings is 2. The van der Waals surface area contributed by atoms with E-state index < -0.39 is 0 Å². The molecule has 1 atom stereocenters. The maximum absolute atomic E-state index is 11.0. The number of ether oxygens (including phenoxy) is 4. The minimum atomic E-state index is 0. The molecule has 636 valence electrons. The Morgan fingerprint density at radius 1 is 0.415 bits per heavy atom. The van der Waals surface area contributed by atoms with Crippen molar-refractivity contribution in [1.82, 2.24) is 74.7 Å². The molecule has 10 heterocycles. The molecule has 0 aromatic heterocycles. The number of hydrogen-bond donors (Lipinski definition) is 4. The van der Waals surface area contributed by atoms with E-state index >= 15 is 0 Å². The summed E-state index contributed by atoms with van der Waals surface area (Å²) in [5, 5.41) is 18.7. The second-order valence-electron chi connectivity index (χ2n) is 34.5. The van der Waals surface area contributed by atoms with E-state index in [1.165, 1.54) is 143 Å². The first kappa shape index (κ1) is 105. The highest BCUT2D eigenvalue weighted by molar-refractivity contribution is 5.73. The van der Waals surface area contributed by atoms with Crippen molar-refractivity contribution < 1.29 is 28.8 Å². The number of likely N-dealkylation sites (tertiary alicyclic amines) is 1. The van der Waals surface area contributed by atoms with Crippen LogP contribution in [-0.2, 0) is 23.7 Å². The number of piperidine rings is 2. The molecule has 1 unspecified atom stereocenters. The summed E-state index contributed by atoms with van der Waals surface area (Å²) in [5.41, 5.74) is 0. The standard InChI is InChI=1S/C9H18N2O.C9H20N2O.C9H20N2.2C9H19NO.C8H18N2.2C8H17NO.C8H17N.C7H16N2.CH4/c1-8(2)10-4-6-11(7-5-10)9(3)12;1-9(2)11-5-3-10(4-6-11)7-8-12;1-9(2)8-11-6-4-10(3)5-7-11;1-8(2)9(3)10-4-6-11-7-5-10;1-9(2)11-8-7-10-5-3-4-6-10;1-8(2)10-6-4-9(3)5-7-10;1-8(2)7-9-3-5-10-6-4-9;1-7(2)10-8-3-5-9-6-4-8;1-7(2)8-3-5-9-6-4-8;1-7(2)9-5-3-8-4-6-9;/h8H,4-7H2,1-3H3;9,12H,3-8H2,1-2H3;9H,4-8H2,1-3H3;8-9H,4-7H2,1-3H3;9H,3-8H2,1-2H3;8H,4-7H2,1-3H3;8H,3-7H2,1-2H3;7-9H,3-6H2,1-2H3;7-9H,3-6H2,1-2H3;7-8H,3-6H2,1-2H3;1H4. The van der Waals surface area contributed by atoms with E-state index in [2.05, 4.69) is 229 Å². The molecular formula is C85H185N15O6. The summed E-state index contributed by atoms with van der Waals surface area (Å²) in [6, 6.07) is 3.44. The van der Waals surface area contributed by atoms with Crippen molar-refractivity contribution >= 4 is 5.91 Å². The lowest BCUT2D eigenvalue weighted by atomic mass is 9.87. The number of rotatable bonds is 19. The Morgan fingerprint density at radius 2 is 0.783 bits per heavy atom. The van der Waals surface area contributed by atoms with E-state index in [1.807, 2.05) is 4.90 Å². The van der Waals surface area contributed by atoms with Crippen LogP contribution in [0.5, 0.6) is 0 Å². The quantitative estimate of drug-likeness (QED) is 0.0972. The number of piperazine rings is 5. The van der Waals surface area contributed by atoms with Crippen LogP contribution in [0.1, 0.15) is 198 Å². The van der Waals surface area contributed by atoms with Gasteiger partial charge in [-0.25, -0.2) is 0 Å². The van der Waals surface area contributed by atoms with Gasteiger partial charge in [0.05, 0.1) is 58.0 Å². The Balaban J connectivity index is 0.00000116. The van der Waals surface area contributed by atoms with Gasteiger partial charge in [-0.2, -0.15) is 0 Å². The summed E-state index contributed by atoms with van der Waals surface area (Å²) in [5.74, 6) is 4.46. The Labute approximate surface area is 659 Å². The summed E-state index contributed by atoms with van der Waals surface area (Å²) >= 11 is 0. The Hall–Kier alpha value is -1.29. The number of nitrogens with zero attached hydrogens (tertiary/aromatic N) is 12. The molecule has 21 heteroatoms. The van der Waals surface area contributed by atoms with E-state index in [0.29, 0.717) is 43.0 Å². The zero-order valence-electron chi connectivity index (χ0n) is 73.9. The third-order valence-electron chi connectivity index (χ3n) is 21.9. The van der Waals surface area contributed by atoms with Crippen LogP contribution in [0.4, 0.5) is 0 Å². The summed E-state index contributed by atoms with van der Waals surface area (Å²) in [6.45, 7) is 92.7. The Morgan fingerprint density at radius 3 is 1.15 bits per heavy atom. The fraction of sp³-hybridized carbons (Fsp3) is 0.988. The zero-order chi connectivity index (χ0) is 78.5. The molecule has 10 aliphatic heterocycles. The predicted octanol–water partition coefficient (Wildman–Crippen LogP) is 9.68. The molecular weight excluding hydrogens is 1330 g/mol. The average Bonchev–Trinajstić information content (AvgIpc) is 0.932. The third-order valence-corrected chi connectivity index (χ3v) is 21.9. The molecule has 0 aliphatic carbocycles. The first-order valence-corrected chi connectivity index (χ1v) is 43.3. The van der Waals surface area contributed by atoms with Gasteiger partial charge >= 0.3 is 0 Å². The second-order valence-corrected chi connectivity index (χ2v) is 34.5. The van der Waals surface area contributed by atoms with Gasteiger partial charge in [-0.05, 0) is 211 Å². The monoisotopic (exact) mass is 1510 g/mol. The van der Waals surface area contributed by atoms with Crippen LogP contribution in [0.3, 0.4) is 0 Å². The minimum Gasteiger partial charge on any atom is -0.395 e. The van der Waals surface area contributed by atoms with Crippen molar-refractivity contribution in [2.75, 3.05) is 276 Å². The lowest BCUT2D eigenvalue weighted by Crippen LogP contribution is -2.50. The van der Waals surface area contributed by atoms with E-state index in [1.54, 1.807) is 6.92 Å². The molecule has 106 heavy (non-hydrogen) atoms. The summed E-state index contributed by atoms with van der Waals surface area (Å²) in [4.78, 5) is 39.9. The van der Waals surface area contributed by atoms with Crippen molar-refractivity contribution in [2.24, 2.45) is 29.6 Å². The largest absolute Gasteiger partial charge is 0.395 e. The minimum absolute atomic E-state index is 0. The SMILES string of the molecule is C.CC(=O)N1CCN(C(C)C)CC1.CC(C)C(C)N1CCOCC1.CC(C)C1CCNCC1.CC(C)CN1CCN(C)CC1.CC(C)CN1CCOCC1.CC(C)N1CCN(C)CC1.CC(C)N1CCN(CCO)CC1.CC(C)N1CCNCC1.CC(C)OC1CCNCC1.CC(C)OCCN1CCCC1. The fourth-order valence-electron chi connectivity index (χ4n) is 14.2. The van der Waals surface area contributed by atoms with Crippen LogP contribution < -0.4 is 16.0 Å². The van der Waals surface area contributed by atoms with Gasteiger partial charge in [0.15, 0.2) is 0 Å². The van der Waals surface area contributed by atoms with Gasteiger partial charge in [-0.3, -0.25) is 39.1 Å². The second kappa shape index (κ2) is 65.0. The van der Waals surface area contributed by atoms with Crippen LogP contribution in [0.15, 0.2) is 0 Å². The first-order chi connectivity index (χ1) is 49.9. The van der Waals surface area contributed by atoms with Crippen LogP contribution in [-0.4, -0.2) is 395 Å². The van der Waals surface area contributed by atoms with Gasteiger partial charge in [0.1, 0.15) is 0 Å². The highest BCUT2D eigenvalue weighted by Crippen LogP contribution is 2.20. The van der Waals surface area contributed by atoms with E-state index in [0.717, 1.165) is 193 Å². The van der Waals surface area contributed by atoms with Gasteiger partial charge in [-0.15, -0.1) is 0 Å². The molecule has 0 aromatic carbocycles. The number of aliphatic hydroxyl groups is 1. The summed E-state index contributed by atoms with van der Waals surface area (Å²) in [6.07, 6.45) is 9.18. The van der Waals surface area contributed by atoms with Crippen molar-refractivity contribution in [3.63, 3.8) is 0 Å². The van der Waals surface area contributed by atoms with Crippen molar-refractivity contribution in [3.05, 3.63) is 0 Å². The number of nitrogens with one attached hydrogen (secondary N) is 3. The molecule has 10 rings (SSSR count). The number of β-amino-alcohol motifs (C(OH)–C–C–N with tert-alkyl or cyclic N) is 1. The Bertz CT molecular complexity index is 1850. The summed E-state index contributed by atoms with van der Waals surface area (Å²) in [7, 11) is 4.39. The molecule has 0 saturated carbocycles. The normalized spacial score (nSPS) is 22.0. The molecule has 0 radical (unpaired) electrons. The predicted molar refractivity (Wildman–Crippen MR) is 457 cm³/mol. The van der Waals surface area contributed by atoms with Crippen LogP contribution in [0.25, 0.3) is 0 Å². The number of carbonyl (C=O) groups is 1.